The summed E-state index contributed by atoms with van der Waals surface area (Å²) in [6.45, 7) is 6.62. The lowest BCUT2D eigenvalue weighted by atomic mass is 9.99. The van der Waals surface area contributed by atoms with Gasteiger partial charge in [0.25, 0.3) is 0 Å². The van der Waals surface area contributed by atoms with Gasteiger partial charge >= 0.3 is 0 Å². The second-order valence-corrected chi connectivity index (χ2v) is 3.72. The minimum absolute atomic E-state index is 0.745. The molecule has 1 atom stereocenters. The van der Waals surface area contributed by atoms with E-state index in [1.165, 1.54) is 29.9 Å². The van der Waals surface area contributed by atoms with Crippen LogP contribution in [0.5, 0.6) is 0 Å². The summed E-state index contributed by atoms with van der Waals surface area (Å²) in [5.74, 6) is 0.745. The zero-order chi connectivity index (χ0) is 8.55. The largest absolute Gasteiger partial charge is 0.362 e. The SMILES string of the molecule is Cc1cc(C2CCNC2)c(C)[nH]1. The fraction of sp³-hybridized carbons (Fsp3) is 0.600. The number of aryl methyl sites for hydroxylation is 2. The summed E-state index contributed by atoms with van der Waals surface area (Å²) in [4.78, 5) is 3.36. The molecule has 0 aliphatic carbocycles. The molecule has 0 aromatic carbocycles. The van der Waals surface area contributed by atoms with Crippen molar-refractivity contribution in [1.82, 2.24) is 10.3 Å². The van der Waals surface area contributed by atoms with Crippen molar-refractivity contribution < 1.29 is 0 Å². The van der Waals surface area contributed by atoms with Crippen LogP contribution in [-0.4, -0.2) is 18.1 Å². The van der Waals surface area contributed by atoms with Gasteiger partial charge in [-0.15, -0.1) is 0 Å². The predicted molar refractivity (Wildman–Crippen MR) is 50.5 cm³/mol. The van der Waals surface area contributed by atoms with Crippen LogP contribution < -0.4 is 5.32 Å². The molecule has 0 radical (unpaired) electrons. The van der Waals surface area contributed by atoms with E-state index < -0.39 is 0 Å². The smallest absolute Gasteiger partial charge is 0.0153 e. The van der Waals surface area contributed by atoms with Crippen LogP contribution in [0.4, 0.5) is 0 Å². The molecule has 1 aliphatic heterocycles. The predicted octanol–water partition coefficient (Wildman–Crippen LogP) is 1.71. The van der Waals surface area contributed by atoms with Crippen molar-refractivity contribution in [2.75, 3.05) is 13.1 Å². The molecule has 0 bridgehead atoms. The van der Waals surface area contributed by atoms with E-state index in [2.05, 4.69) is 30.2 Å². The van der Waals surface area contributed by atoms with E-state index in [9.17, 15) is 0 Å². The van der Waals surface area contributed by atoms with Crippen LogP contribution in [0.15, 0.2) is 6.07 Å². The van der Waals surface area contributed by atoms with Gasteiger partial charge in [-0.2, -0.15) is 0 Å². The van der Waals surface area contributed by atoms with E-state index in [-0.39, 0.29) is 0 Å². The summed E-state index contributed by atoms with van der Waals surface area (Å²) in [6.07, 6.45) is 1.29. The highest BCUT2D eigenvalue weighted by molar-refractivity contribution is 5.29. The number of hydrogen-bond acceptors (Lipinski definition) is 1. The van der Waals surface area contributed by atoms with Gasteiger partial charge in [-0.05, 0) is 44.4 Å². The Balaban J connectivity index is 2.25. The Kier molecular flexibility index (Phi) is 1.93. The molecule has 2 heteroatoms. The van der Waals surface area contributed by atoms with Crippen LogP contribution in [0.25, 0.3) is 0 Å². The lowest BCUT2D eigenvalue weighted by Gasteiger charge is -2.06. The molecule has 2 heterocycles. The summed E-state index contributed by atoms with van der Waals surface area (Å²) < 4.78 is 0. The van der Waals surface area contributed by atoms with E-state index in [0.29, 0.717) is 0 Å². The van der Waals surface area contributed by atoms with E-state index in [1.54, 1.807) is 0 Å². The van der Waals surface area contributed by atoms with Gasteiger partial charge in [-0.3, -0.25) is 0 Å². The summed E-state index contributed by atoms with van der Waals surface area (Å²) in [7, 11) is 0. The topological polar surface area (TPSA) is 27.8 Å². The van der Waals surface area contributed by atoms with Crippen molar-refractivity contribution >= 4 is 0 Å². The Bertz CT molecular complexity index is 269. The first-order valence-corrected chi connectivity index (χ1v) is 4.64. The van der Waals surface area contributed by atoms with Gasteiger partial charge in [0.05, 0.1) is 0 Å². The number of hydrogen-bond donors (Lipinski definition) is 2. The monoisotopic (exact) mass is 164 g/mol. The summed E-state index contributed by atoms with van der Waals surface area (Å²) in [5.41, 5.74) is 4.15. The first kappa shape index (κ1) is 7.87. The minimum Gasteiger partial charge on any atom is -0.362 e. The molecule has 1 saturated heterocycles. The van der Waals surface area contributed by atoms with Crippen LogP contribution in [0.2, 0.25) is 0 Å². The quantitative estimate of drug-likeness (QED) is 0.649. The minimum atomic E-state index is 0.745. The molecule has 2 N–H and O–H groups in total. The van der Waals surface area contributed by atoms with Gasteiger partial charge in [0.2, 0.25) is 0 Å². The van der Waals surface area contributed by atoms with Crippen LogP contribution in [0, 0.1) is 13.8 Å². The number of H-pyrrole nitrogens is 1. The molecule has 12 heavy (non-hydrogen) atoms. The molecule has 1 fully saturated rings. The highest BCUT2D eigenvalue weighted by Crippen LogP contribution is 2.25. The first-order chi connectivity index (χ1) is 5.77. The van der Waals surface area contributed by atoms with Crippen LogP contribution in [0.1, 0.15) is 29.3 Å². The molecule has 0 amide bonds. The Labute approximate surface area is 73.4 Å². The maximum absolute atomic E-state index is 3.39. The van der Waals surface area contributed by atoms with Crippen molar-refractivity contribution in [2.24, 2.45) is 0 Å². The third-order valence-electron chi connectivity index (χ3n) is 2.69. The number of aromatic nitrogens is 1. The molecular weight excluding hydrogens is 148 g/mol. The fourth-order valence-corrected chi connectivity index (χ4v) is 2.09. The molecule has 1 unspecified atom stereocenters. The maximum Gasteiger partial charge on any atom is 0.0153 e. The second kappa shape index (κ2) is 2.94. The lowest BCUT2D eigenvalue weighted by Crippen LogP contribution is -2.08. The number of nitrogens with one attached hydrogen (secondary N) is 2. The average Bonchev–Trinajstić information content (AvgIpc) is 2.58. The Morgan fingerprint density at radius 2 is 2.25 bits per heavy atom. The van der Waals surface area contributed by atoms with Gasteiger partial charge in [-0.25, -0.2) is 0 Å². The van der Waals surface area contributed by atoms with Gasteiger partial charge in [0.15, 0.2) is 0 Å². The second-order valence-electron chi connectivity index (χ2n) is 3.72. The van der Waals surface area contributed by atoms with Crippen LogP contribution >= 0.6 is 0 Å². The van der Waals surface area contributed by atoms with E-state index in [4.69, 9.17) is 0 Å². The van der Waals surface area contributed by atoms with Crippen LogP contribution in [-0.2, 0) is 0 Å². The normalized spacial score (nSPS) is 23.3. The van der Waals surface area contributed by atoms with Crippen molar-refractivity contribution in [3.05, 3.63) is 23.0 Å². The molecule has 2 nitrogen and oxygen atoms in total. The van der Waals surface area contributed by atoms with Crippen molar-refractivity contribution in [1.29, 1.82) is 0 Å². The standard InChI is InChI=1S/C10H16N2/c1-7-5-10(8(2)12-7)9-3-4-11-6-9/h5,9,11-12H,3-4,6H2,1-2H3. The van der Waals surface area contributed by atoms with E-state index in [0.717, 1.165) is 12.5 Å². The molecule has 2 rings (SSSR count). The fourth-order valence-electron chi connectivity index (χ4n) is 2.09. The zero-order valence-electron chi connectivity index (χ0n) is 7.78. The Hall–Kier alpha value is -0.760. The van der Waals surface area contributed by atoms with Gasteiger partial charge < -0.3 is 10.3 Å². The lowest BCUT2D eigenvalue weighted by molar-refractivity contribution is 0.758. The molecule has 66 valence electrons. The highest BCUT2D eigenvalue weighted by atomic mass is 14.9. The maximum atomic E-state index is 3.39. The van der Waals surface area contributed by atoms with Crippen molar-refractivity contribution in [2.45, 2.75) is 26.2 Å². The zero-order valence-corrected chi connectivity index (χ0v) is 7.78. The third-order valence-corrected chi connectivity index (χ3v) is 2.69. The first-order valence-electron chi connectivity index (χ1n) is 4.64. The van der Waals surface area contributed by atoms with E-state index in [1.807, 2.05) is 0 Å². The summed E-state index contributed by atoms with van der Waals surface area (Å²) in [6, 6.07) is 2.28. The molecule has 0 saturated carbocycles. The van der Waals surface area contributed by atoms with E-state index >= 15 is 0 Å². The third kappa shape index (κ3) is 1.27. The number of rotatable bonds is 1. The van der Waals surface area contributed by atoms with Gasteiger partial charge in [0, 0.05) is 17.9 Å². The Morgan fingerprint density at radius 1 is 1.42 bits per heavy atom. The van der Waals surface area contributed by atoms with Gasteiger partial charge in [-0.1, -0.05) is 0 Å². The summed E-state index contributed by atoms with van der Waals surface area (Å²) in [5, 5.41) is 3.39. The molecular formula is C10H16N2. The molecule has 1 aliphatic rings. The van der Waals surface area contributed by atoms with Crippen LogP contribution in [0.3, 0.4) is 0 Å². The molecule has 1 aromatic heterocycles. The summed E-state index contributed by atoms with van der Waals surface area (Å²) >= 11 is 0. The molecule has 1 aromatic rings. The highest BCUT2D eigenvalue weighted by Gasteiger charge is 2.19. The van der Waals surface area contributed by atoms with Crippen molar-refractivity contribution in [3.8, 4) is 0 Å². The van der Waals surface area contributed by atoms with Gasteiger partial charge in [0.1, 0.15) is 0 Å². The average molecular weight is 164 g/mol. The Morgan fingerprint density at radius 3 is 2.75 bits per heavy atom. The molecule has 0 spiro atoms. The number of aromatic amines is 1. The van der Waals surface area contributed by atoms with Crippen molar-refractivity contribution in [3.63, 3.8) is 0 Å².